The Balaban J connectivity index is 2.17. The standard InChI is InChI=1S/C15H14ClN3O2/c1-9(20)18-11-3-2-4-12(8-11)19-15(21)13-6-5-10(17)7-14(13)16/h2-8H,17H2,1H3,(H,18,20)(H,19,21). The van der Waals surface area contributed by atoms with Gasteiger partial charge in [0.15, 0.2) is 0 Å². The van der Waals surface area contributed by atoms with Gasteiger partial charge in [0.05, 0.1) is 10.6 Å². The summed E-state index contributed by atoms with van der Waals surface area (Å²) in [5, 5.41) is 5.64. The minimum absolute atomic E-state index is 0.181. The van der Waals surface area contributed by atoms with Crippen LogP contribution >= 0.6 is 11.6 Å². The molecule has 6 heteroatoms. The Morgan fingerprint density at radius 1 is 1.05 bits per heavy atom. The van der Waals surface area contributed by atoms with Crippen molar-refractivity contribution in [3.63, 3.8) is 0 Å². The summed E-state index contributed by atoms with van der Waals surface area (Å²) in [6, 6.07) is 11.5. The molecule has 4 N–H and O–H groups in total. The molecule has 2 rings (SSSR count). The second-order valence-electron chi connectivity index (χ2n) is 4.46. The summed E-state index contributed by atoms with van der Waals surface area (Å²) in [5.41, 5.74) is 7.56. The van der Waals surface area contributed by atoms with Crippen molar-refractivity contribution in [3.8, 4) is 0 Å². The van der Waals surface area contributed by atoms with E-state index >= 15 is 0 Å². The quantitative estimate of drug-likeness (QED) is 0.762. The number of rotatable bonds is 3. The molecule has 0 atom stereocenters. The number of amides is 2. The Morgan fingerprint density at radius 3 is 2.33 bits per heavy atom. The number of nitrogen functional groups attached to an aromatic ring is 1. The third-order valence-electron chi connectivity index (χ3n) is 2.68. The molecule has 0 fully saturated rings. The predicted octanol–water partition coefficient (Wildman–Crippen LogP) is 3.13. The zero-order valence-corrected chi connectivity index (χ0v) is 12.1. The second-order valence-corrected chi connectivity index (χ2v) is 4.86. The predicted molar refractivity (Wildman–Crippen MR) is 84.6 cm³/mol. The molecule has 0 saturated carbocycles. The summed E-state index contributed by atoms with van der Waals surface area (Å²) in [5.74, 6) is -0.528. The monoisotopic (exact) mass is 303 g/mol. The van der Waals surface area contributed by atoms with Crippen LogP contribution in [0.25, 0.3) is 0 Å². The average Bonchev–Trinajstić information content (AvgIpc) is 2.37. The molecule has 0 unspecified atom stereocenters. The van der Waals surface area contributed by atoms with Crippen molar-refractivity contribution in [1.29, 1.82) is 0 Å². The van der Waals surface area contributed by atoms with E-state index in [4.69, 9.17) is 17.3 Å². The van der Waals surface area contributed by atoms with Crippen LogP contribution in [-0.2, 0) is 4.79 Å². The van der Waals surface area contributed by atoms with Crippen molar-refractivity contribution < 1.29 is 9.59 Å². The van der Waals surface area contributed by atoms with Crippen LogP contribution in [0.15, 0.2) is 42.5 Å². The molecule has 21 heavy (non-hydrogen) atoms. The first kappa shape index (κ1) is 14.9. The zero-order chi connectivity index (χ0) is 15.4. The lowest BCUT2D eigenvalue weighted by Crippen LogP contribution is -2.13. The normalized spacial score (nSPS) is 10.0. The van der Waals surface area contributed by atoms with Crippen LogP contribution in [0, 0.1) is 0 Å². The maximum Gasteiger partial charge on any atom is 0.257 e. The highest BCUT2D eigenvalue weighted by Crippen LogP contribution is 2.21. The molecule has 2 aromatic rings. The van der Waals surface area contributed by atoms with Gasteiger partial charge in [0.2, 0.25) is 5.91 Å². The largest absolute Gasteiger partial charge is 0.399 e. The van der Waals surface area contributed by atoms with Gasteiger partial charge in [0.25, 0.3) is 5.91 Å². The van der Waals surface area contributed by atoms with Crippen molar-refractivity contribution >= 4 is 40.5 Å². The number of benzene rings is 2. The van der Waals surface area contributed by atoms with E-state index < -0.39 is 0 Å². The highest BCUT2D eigenvalue weighted by atomic mass is 35.5. The SMILES string of the molecule is CC(=O)Nc1cccc(NC(=O)c2ccc(N)cc2Cl)c1. The molecule has 0 aliphatic carbocycles. The van der Waals surface area contributed by atoms with E-state index in [1.54, 1.807) is 36.4 Å². The molecule has 0 aliphatic heterocycles. The Hall–Kier alpha value is -2.53. The zero-order valence-electron chi connectivity index (χ0n) is 11.3. The molecule has 108 valence electrons. The lowest BCUT2D eigenvalue weighted by atomic mass is 10.2. The van der Waals surface area contributed by atoms with Gasteiger partial charge in [-0.05, 0) is 36.4 Å². The van der Waals surface area contributed by atoms with E-state index in [1.807, 2.05) is 0 Å². The number of nitrogens with two attached hydrogens (primary N) is 1. The summed E-state index contributed by atoms with van der Waals surface area (Å²) in [6.45, 7) is 1.42. The summed E-state index contributed by atoms with van der Waals surface area (Å²) in [7, 11) is 0. The summed E-state index contributed by atoms with van der Waals surface area (Å²) in [4.78, 5) is 23.2. The van der Waals surface area contributed by atoms with Crippen molar-refractivity contribution in [2.75, 3.05) is 16.4 Å². The maximum absolute atomic E-state index is 12.2. The average molecular weight is 304 g/mol. The van der Waals surface area contributed by atoms with Crippen molar-refractivity contribution in [2.45, 2.75) is 6.92 Å². The Morgan fingerprint density at radius 2 is 1.71 bits per heavy atom. The lowest BCUT2D eigenvalue weighted by molar-refractivity contribution is -0.114. The summed E-state index contributed by atoms with van der Waals surface area (Å²) < 4.78 is 0. The molecule has 0 radical (unpaired) electrons. The molecule has 0 saturated heterocycles. The molecule has 0 bridgehead atoms. The van der Waals surface area contributed by atoms with Gasteiger partial charge >= 0.3 is 0 Å². The number of anilines is 3. The fourth-order valence-electron chi connectivity index (χ4n) is 1.79. The van der Waals surface area contributed by atoms with Crippen LogP contribution in [0.1, 0.15) is 17.3 Å². The van der Waals surface area contributed by atoms with Crippen LogP contribution in [0.4, 0.5) is 17.1 Å². The van der Waals surface area contributed by atoms with Gasteiger partial charge < -0.3 is 16.4 Å². The number of carbonyl (C=O) groups excluding carboxylic acids is 2. The third-order valence-corrected chi connectivity index (χ3v) is 2.99. The van der Waals surface area contributed by atoms with Crippen molar-refractivity contribution in [1.82, 2.24) is 0 Å². The minimum atomic E-state index is -0.347. The minimum Gasteiger partial charge on any atom is -0.399 e. The van der Waals surface area contributed by atoms with Crippen LogP contribution in [0.2, 0.25) is 5.02 Å². The summed E-state index contributed by atoms with van der Waals surface area (Å²) >= 11 is 5.99. The highest BCUT2D eigenvalue weighted by molar-refractivity contribution is 6.34. The maximum atomic E-state index is 12.2. The molecule has 0 heterocycles. The van der Waals surface area contributed by atoms with E-state index in [9.17, 15) is 9.59 Å². The summed E-state index contributed by atoms with van der Waals surface area (Å²) in [6.07, 6.45) is 0. The van der Waals surface area contributed by atoms with E-state index in [2.05, 4.69) is 10.6 Å². The Labute approximate surface area is 127 Å². The van der Waals surface area contributed by atoms with Crippen molar-refractivity contribution in [2.24, 2.45) is 0 Å². The van der Waals surface area contributed by atoms with Crippen LogP contribution in [0.5, 0.6) is 0 Å². The number of carbonyl (C=O) groups is 2. The van der Waals surface area contributed by atoms with Gasteiger partial charge in [-0.2, -0.15) is 0 Å². The number of nitrogens with one attached hydrogen (secondary N) is 2. The molecular formula is C15H14ClN3O2. The molecule has 0 spiro atoms. The lowest BCUT2D eigenvalue weighted by Gasteiger charge is -2.09. The number of hydrogen-bond acceptors (Lipinski definition) is 3. The fourth-order valence-corrected chi connectivity index (χ4v) is 2.07. The van der Waals surface area contributed by atoms with E-state index in [0.29, 0.717) is 22.6 Å². The van der Waals surface area contributed by atoms with Gasteiger partial charge in [-0.15, -0.1) is 0 Å². The molecule has 0 aromatic heterocycles. The van der Waals surface area contributed by atoms with Crippen LogP contribution in [0.3, 0.4) is 0 Å². The first-order valence-corrected chi connectivity index (χ1v) is 6.57. The van der Waals surface area contributed by atoms with Gasteiger partial charge in [-0.1, -0.05) is 17.7 Å². The smallest absolute Gasteiger partial charge is 0.257 e. The van der Waals surface area contributed by atoms with Gasteiger partial charge in [0, 0.05) is 24.0 Å². The molecule has 5 nitrogen and oxygen atoms in total. The van der Waals surface area contributed by atoms with E-state index in [-0.39, 0.29) is 16.8 Å². The second kappa shape index (κ2) is 6.28. The van der Waals surface area contributed by atoms with Crippen LogP contribution < -0.4 is 16.4 Å². The van der Waals surface area contributed by atoms with Gasteiger partial charge in [-0.3, -0.25) is 9.59 Å². The number of hydrogen-bond donors (Lipinski definition) is 3. The Kier molecular flexibility index (Phi) is 4.45. The van der Waals surface area contributed by atoms with Crippen molar-refractivity contribution in [3.05, 3.63) is 53.1 Å². The third kappa shape index (κ3) is 3.97. The van der Waals surface area contributed by atoms with Gasteiger partial charge in [0.1, 0.15) is 0 Å². The van der Waals surface area contributed by atoms with Gasteiger partial charge in [-0.25, -0.2) is 0 Å². The highest BCUT2D eigenvalue weighted by Gasteiger charge is 2.11. The first-order chi connectivity index (χ1) is 9.95. The van der Waals surface area contributed by atoms with E-state index in [1.165, 1.54) is 13.0 Å². The topological polar surface area (TPSA) is 84.2 Å². The van der Waals surface area contributed by atoms with Crippen LogP contribution in [-0.4, -0.2) is 11.8 Å². The number of halogens is 1. The molecule has 2 aromatic carbocycles. The molecule has 2 amide bonds. The Bertz CT molecular complexity index is 701. The van der Waals surface area contributed by atoms with E-state index in [0.717, 1.165) is 0 Å². The first-order valence-electron chi connectivity index (χ1n) is 6.20. The fraction of sp³-hybridized carbons (Fsp3) is 0.0667. The molecular weight excluding hydrogens is 290 g/mol. The molecule has 0 aliphatic rings.